The summed E-state index contributed by atoms with van der Waals surface area (Å²) >= 11 is 1.56. The summed E-state index contributed by atoms with van der Waals surface area (Å²) in [6, 6.07) is 0.910. The van der Waals surface area contributed by atoms with Crippen LogP contribution in [0.15, 0.2) is 18.5 Å². The van der Waals surface area contributed by atoms with Gasteiger partial charge in [-0.15, -0.1) is 11.3 Å². The molecule has 7 heteroatoms. The van der Waals surface area contributed by atoms with Gasteiger partial charge in [0, 0.05) is 18.1 Å². The largest absolute Gasteiger partial charge is 0.322 e. The van der Waals surface area contributed by atoms with Crippen LogP contribution in [-0.4, -0.2) is 27.9 Å². The van der Waals surface area contributed by atoms with E-state index in [0.717, 1.165) is 21.8 Å². The van der Waals surface area contributed by atoms with E-state index < -0.39 is 5.82 Å². The minimum atomic E-state index is -0.559. The highest BCUT2D eigenvalue weighted by molar-refractivity contribution is 7.11. The number of nitrogens with one attached hydrogen (secondary N) is 1. The monoisotopic (exact) mass is 308 g/mol. The molecule has 0 aromatic carbocycles. The third-order valence-electron chi connectivity index (χ3n) is 3.23. The Bertz CT molecular complexity index is 658. The molecule has 0 unspecified atom stereocenters. The normalized spacial score (nSPS) is 12.0. The molecule has 0 aliphatic carbocycles. The van der Waals surface area contributed by atoms with Gasteiger partial charge in [0.05, 0.1) is 28.6 Å². The van der Waals surface area contributed by atoms with E-state index >= 15 is 0 Å². The van der Waals surface area contributed by atoms with Crippen LogP contribution < -0.4 is 5.32 Å². The Hall–Kier alpha value is -2.02. The zero-order chi connectivity index (χ0) is 15.6. The van der Waals surface area contributed by atoms with Gasteiger partial charge >= 0.3 is 6.03 Å². The molecular weight excluding hydrogens is 291 g/mol. The summed E-state index contributed by atoms with van der Waals surface area (Å²) in [6.07, 6.45) is 2.49. The first-order chi connectivity index (χ1) is 9.90. The minimum absolute atomic E-state index is 0.117. The van der Waals surface area contributed by atoms with Gasteiger partial charge in [0.2, 0.25) is 0 Å². The maximum absolute atomic E-state index is 13.5. The summed E-state index contributed by atoms with van der Waals surface area (Å²) in [5.74, 6) is -0.559. The highest BCUT2D eigenvalue weighted by Gasteiger charge is 2.22. The van der Waals surface area contributed by atoms with Crippen LogP contribution in [0.5, 0.6) is 0 Å². The number of aromatic nitrogens is 2. The van der Waals surface area contributed by atoms with Crippen molar-refractivity contribution in [2.45, 2.75) is 26.8 Å². The van der Waals surface area contributed by atoms with Gasteiger partial charge < -0.3 is 10.2 Å². The van der Waals surface area contributed by atoms with Crippen LogP contribution in [-0.2, 0) is 0 Å². The molecule has 2 aromatic rings. The molecule has 0 radical (unpaired) electrons. The van der Waals surface area contributed by atoms with Crippen molar-refractivity contribution in [3.8, 4) is 0 Å². The number of halogens is 1. The predicted molar refractivity (Wildman–Crippen MR) is 81.0 cm³/mol. The van der Waals surface area contributed by atoms with Crippen molar-refractivity contribution in [3.63, 3.8) is 0 Å². The number of carbonyl (C=O) groups excluding carboxylic acids is 1. The van der Waals surface area contributed by atoms with E-state index in [1.54, 1.807) is 18.4 Å². The fraction of sp³-hybridized carbons (Fsp3) is 0.357. The van der Waals surface area contributed by atoms with Crippen LogP contribution in [0.4, 0.5) is 14.9 Å². The lowest BCUT2D eigenvalue weighted by Gasteiger charge is -2.24. The Balaban J connectivity index is 2.12. The van der Waals surface area contributed by atoms with E-state index in [4.69, 9.17) is 0 Å². The van der Waals surface area contributed by atoms with Crippen molar-refractivity contribution in [1.82, 2.24) is 14.9 Å². The fourth-order valence-corrected chi connectivity index (χ4v) is 2.99. The second-order valence-electron chi connectivity index (χ2n) is 4.76. The number of carbonyl (C=O) groups is 1. The summed E-state index contributed by atoms with van der Waals surface area (Å²) in [4.78, 5) is 22.8. The molecule has 1 atom stereocenters. The van der Waals surface area contributed by atoms with E-state index in [-0.39, 0.29) is 17.8 Å². The van der Waals surface area contributed by atoms with E-state index in [1.165, 1.54) is 17.2 Å². The van der Waals surface area contributed by atoms with E-state index in [9.17, 15) is 9.18 Å². The molecule has 2 rings (SSSR count). The Labute approximate surface area is 126 Å². The van der Waals surface area contributed by atoms with Crippen LogP contribution in [0.1, 0.15) is 28.5 Å². The molecule has 0 saturated carbocycles. The molecule has 0 saturated heterocycles. The lowest BCUT2D eigenvalue weighted by molar-refractivity contribution is 0.209. The minimum Gasteiger partial charge on any atom is -0.320 e. The Morgan fingerprint density at radius 2 is 2.19 bits per heavy atom. The van der Waals surface area contributed by atoms with Crippen molar-refractivity contribution in [1.29, 1.82) is 0 Å². The molecule has 21 heavy (non-hydrogen) atoms. The van der Waals surface area contributed by atoms with E-state index in [0.29, 0.717) is 0 Å². The van der Waals surface area contributed by atoms with Crippen LogP contribution in [0.3, 0.4) is 0 Å². The number of urea groups is 1. The van der Waals surface area contributed by atoms with Crippen LogP contribution >= 0.6 is 11.3 Å². The molecule has 2 heterocycles. The number of rotatable bonds is 3. The van der Waals surface area contributed by atoms with Crippen LogP contribution in [0.25, 0.3) is 0 Å². The van der Waals surface area contributed by atoms with Crippen molar-refractivity contribution in [2.24, 2.45) is 0 Å². The lowest BCUT2D eigenvalue weighted by atomic mass is 10.2. The van der Waals surface area contributed by atoms with Gasteiger partial charge in [-0.25, -0.2) is 14.2 Å². The molecule has 0 fully saturated rings. The number of amides is 2. The SMILES string of the molecule is Cc1nc(C)c([C@@H](C)N(C)C(=O)Nc2ccncc2F)s1. The molecule has 0 aliphatic rings. The van der Waals surface area contributed by atoms with Gasteiger partial charge in [-0.1, -0.05) is 0 Å². The molecule has 2 amide bonds. The number of aryl methyl sites for hydroxylation is 2. The highest BCUT2D eigenvalue weighted by atomic mass is 32.1. The molecule has 2 aromatic heterocycles. The molecule has 112 valence electrons. The maximum atomic E-state index is 13.5. The van der Waals surface area contributed by atoms with E-state index in [2.05, 4.69) is 15.3 Å². The summed E-state index contributed by atoms with van der Waals surface area (Å²) in [5.41, 5.74) is 1.03. The van der Waals surface area contributed by atoms with E-state index in [1.807, 2.05) is 20.8 Å². The van der Waals surface area contributed by atoms with Gasteiger partial charge in [-0.05, 0) is 26.8 Å². The first-order valence-corrected chi connectivity index (χ1v) is 7.29. The van der Waals surface area contributed by atoms with Gasteiger partial charge in [-0.3, -0.25) is 4.98 Å². The van der Waals surface area contributed by atoms with Gasteiger partial charge in [0.25, 0.3) is 0 Å². The number of nitrogens with zero attached hydrogens (tertiary/aromatic N) is 3. The quantitative estimate of drug-likeness (QED) is 0.944. The van der Waals surface area contributed by atoms with Crippen molar-refractivity contribution in [2.75, 3.05) is 12.4 Å². The first-order valence-electron chi connectivity index (χ1n) is 6.47. The molecule has 1 N–H and O–H groups in total. The van der Waals surface area contributed by atoms with Crippen molar-refractivity contribution >= 4 is 23.1 Å². The van der Waals surface area contributed by atoms with Gasteiger partial charge in [-0.2, -0.15) is 0 Å². The number of thiazole rings is 1. The average Bonchev–Trinajstić information content (AvgIpc) is 2.78. The highest BCUT2D eigenvalue weighted by Crippen LogP contribution is 2.28. The van der Waals surface area contributed by atoms with Gasteiger partial charge in [0.1, 0.15) is 0 Å². The summed E-state index contributed by atoms with van der Waals surface area (Å²) in [5, 5.41) is 3.50. The Kier molecular flexibility index (Phi) is 4.52. The smallest absolute Gasteiger partial charge is 0.320 e. The third kappa shape index (κ3) is 3.36. The molecular formula is C14H17FN4OS. The van der Waals surface area contributed by atoms with Crippen molar-refractivity contribution < 1.29 is 9.18 Å². The van der Waals surface area contributed by atoms with Gasteiger partial charge in [0.15, 0.2) is 5.82 Å². The third-order valence-corrected chi connectivity index (χ3v) is 4.48. The summed E-state index contributed by atoms with van der Waals surface area (Å²) < 4.78 is 13.5. The maximum Gasteiger partial charge on any atom is 0.322 e. The summed E-state index contributed by atoms with van der Waals surface area (Å²) in [6.45, 7) is 5.77. The molecule has 0 spiro atoms. The number of pyridine rings is 1. The zero-order valence-corrected chi connectivity index (χ0v) is 13.2. The zero-order valence-electron chi connectivity index (χ0n) is 12.3. The predicted octanol–water partition coefficient (Wildman–Crippen LogP) is 3.52. The lowest BCUT2D eigenvalue weighted by Crippen LogP contribution is -2.33. The summed E-state index contributed by atoms with van der Waals surface area (Å²) in [7, 11) is 1.67. The topological polar surface area (TPSA) is 58.1 Å². The van der Waals surface area contributed by atoms with Crippen molar-refractivity contribution in [3.05, 3.63) is 39.9 Å². The molecule has 0 bridgehead atoms. The molecule has 0 aliphatic heterocycles. The second kappa shape index (κ2) is 6.17. The average molecular weight is 308 g/mol. The Morgan fingerprint density at radius 1 is 1.48 bits per heavy atom. The standard InChI is InChI=1S/C14H17FN4OS/c1-8-13(21-10(3)17-8)9(2)19(4)14(20)18-12-5-6-16-7-11(12)15/h5-7,9H,1-4H3,(H,16,18,20)/t9-/m1/s1. The number of anilines is 1. The number of hydrogen-bond acceptors (Lipinski definition) is 4. The first kappa shape index (κ1) is 15.4. The van der Waals surface area contributed by atoms with Crippen LogP contribution in [0.2, 0.25) is 0 Å². The van der Waals surface area contributed by atoms with Crippen LogP contribution in [0, 0.1) is 19.7 Å². The fourth-order valence-electron chi connectivity index (χ4n) is 1.97. The molecule has 5 nitrogen and oxygen atoms in total. The second-order valence-corrected chi connectivity index (χ2v) is 5.99. The number of hydrogen-bond donors (Lipinski definition) is 1. The Morgan fingerprint density at radius 3 is 2.76 bits per heavy atom.